The number of hydrogen-bond acceptors (Lipinski definition) is 6. The predicted molar refractivity (Wildman–Crippen MR) is 221 cm³/mol. The number of rotatable bonds is 37. The molecule has 0 aliphatic rings. The van der Waals surface area contributed by atoms with E-state index >= 15 is 0 Å². The summed E-state index contributed by atoms with van der Waals surface area (Å²) in [6, 6.07) is -0.893. The fourth-order valence-electron chi connectivity index (χ4n) is 5.46. The molecule has 300 valence electrons. The standard InChI is InChI=1S/C43H77N2O6P/c1-3-5-7-9-11-13-15-17-19-21-23-25-27-29-31-33-35-37-43(47)45-41(40-51-52(48,49)50-39-38-44)42(46)36-34-32-30-28-26-24-22-20-18-16-14-12-10-8-6-4-2/h5,7,11,13,17,19,23,25,29,31,34,36,41-42,46H,3-4,6,8-10,12,14-16,18,20-22,24,26-28,30,32-33,35,37-40,44H2,1-2H3,(H,45,47)(H,48,49)/b7-5-,13-11-,19-17-,25-23-,31-29-,36-34+. The molecule has 0 aromatic rings. The second kappa shape index (κ2) is 38.7. The number of nitrogens with one attached hydrogen (secondary N) is 1. The van der Waals surface area contributed by atoms with Gasteiger partial charge < -0.3 is 21.1 Å². The lowest BCUT2D eigenvalue weighted by atomic mass is 10.0. The van der Waals surface area contributed by atoms with Crippen LogP contribution in [0.1, 0.15) is 162 Å². The molecule has 1 amide bonds. The Bertz CT molecular complexity index is 1040. The first kappa shape index (κ1) is 49.9. The Morgan fingerprint density at radius 2 is 1.12 bits per heavy atom. The van der Waals surface area contributed by atoms with Gasteiger partial charge in [0.2, 0.25) is 5.91 Å². The van der Waals surface area contributed by atoms with E-state index in [1.54, 1.807) is 6.08 Å². The minimum Gasteiger partial charge on any atom is -0.387 e. The number of amides is 1. The van der Waals surface area contributed by atoms with E-state index in [0.717, 1.165) is 57.8 Å². The normalized spacial score (nSPS) is 14.9. The molecule has 0 saturated heterocycles. The van der Waals surface area contributed by atoms with E-state index in [9.17, 15) is 19.4 Å². The summed E-state index contributed by atoms with van der Waals surface area (Å²) < 4.78 is 22.1. The van der Waals surface area contributed by atoms with Gasteiger partial charge in [-0.05, 0) is 57.8 Å². The fourth-order valence-corrected chi connectivity index (χ4v) is 6.22. The third-order valence-corrected chi connectivity index (χ3v) is 9.52. The summed E-state index contributed by atoms with van der Waals surface area (Å²) in [6.07, 6.45) is 49.5. The number of allylic oxidation sites excluding steroid dienone is 11. The number of carbonyl (C=O) groups excluding carboxylic acids is 1. The first-order valence-electron chi connectivity index (χ1n) is 20.6. The maximum absolute atomic E-state index is 12.7. The number of hydrogen-bond donors (Lipinski definition) is 4. The van der Waals surface area contributed by atoms with Crippen LogP contribution >= 0.6 is 7.82 Å². The van der Waals surface area contributed by atoms with Crippen molar-refractivity contribution in [2.75, 3.05) is 19.8 Å². The van der Waals surface area contributed by atoms with Gasteiger partial charge in [-0.1, -0.05) is 170 Å². The molecule has 0 aliphatic carbocycles. The van der Waals surface area contributed by atoms with E-state index in [-0.39, 0.29) is 32.1 Å². The SMILES string of the molecule is CC/C=C\C/C=C\C/C=C\C/C=C\C/C=C\CCCC(=O)NC(COP(=O)(O)OCCN)C(O)/C=C/CCCCCCCCCCCCCCCC. The maximum atomic E-state index is 12.7. The van der Waals surface area contributed by atoms with E-state index in [0.29, 0.717) is 6.42 Å². The van der Waals surface area contributed by atoms with Gasteiger partial charge in [0, 0.05) is 13.0 Å². The smallest absolute Gasteiger partial charge is 0.387 e. The summed E-state index contributed by atoms with van der Waals surface area (Å²) in [7, 11) is -4.36. The fraction of sp³-hybridized carbons (Fsp3) is 0.698. The van der Waals surface area contributed by atoms with Gasteiger partial charge in [-0.3, -0.25) is 13.8 Å². The van der Waals surface area contributed by atoms with Gasteiger partial charge in [0.15, 0.2) is 0 Å². The zero-order valence-corrected chi connectivity index (χ0v) is 33.9. The van der Waals surface area contributed by atoms with Crippen LogP contribution in [0.3, 0.4) is 0 Å². The zero-order valence-electron chi connectivity index (χ0n) is 33.0. The molecule has 52 heavy (non-hydrogen) atoms. The monoisotopic (exact) mass is 749 g/mol. The van der Waals surface area contributed by atoms with Crippen molar-refractivity contribution in [1.29, 1.82) is 0 Å². The molecule has 0 radical (unpaired) electrons. The van der Waals surface area contributed by atoms with Gasteiger partial charge in [-0.25, -0.2) is 4.57 Å². The molecule has 8 nitrogen and oxygen atoms in total. The van der Waals surface area contributed by atoms with Crippen LogP contribution in [-0.4, -0.2) is 47.8 Å². The first-order valence-corrected chi connectivity index (χ1v) is 22.1. The molecule has 0 aliphatic heterocycles. The van der Waals surface area contributed by atoms with Crippen LogP contribution in [0.5, 0.6) is 0 Å². The number of phosphoric acid groups is 1. The lowest BCUT2D eigenvalue weighted by Crippen LogP contribution is -2.45. The largest absolute Gasteiger partial charge is 0.472 e. The van der Waals surface area contributed by atoms with Crippen molar-refractivity contribution in [1.82, 2.24) is 5.32 Å². The van der Waals surface area contributed by atoms with E-state index in [1.807, 2.05) is 6.08 Å². The Balaban J connectivity index is 4.39. The minimum absolute atomic E-state index is 0.0661. The number of nitrogens with two attached hydrogens (primary N) is 1. The van der Waals surface area contributed by atoms with Crippen molar-refractivity contribution >= 4 is 13.7 Å². The lowest BCUT2D eigenvalue weighted by molar-refractivity contribution is -0.122. The van der Waals surface area contributed by atoms with Crippen molar-refractivity contribution in [3.8, 4) is 0 Å². The molecule has 3 atom stereocenters. The maximum Gasteiger partial charge on any atom is 0.472 e. The molecule has 0 fully saturated rings. The van der Waals surface area contributed by atoms with Crippen LogP contribution in [-0.2, 0) is 18.4 Å². The van der Waals surface area contributed by atoms with Gasteiger partial charge in [0.25, 0.3) is 0 Å². The lowest BCUT2D eigenvalue weighted by Gasteiger charge is -2.23. The molecule has 0 aromatic carbocycles. The van der Waals surface area contributed by atoms with Crippen LogP contribution in [0.25, 0.3) is 0 Å². The average molecular weight is 749 g/mol. The zero-order chi connectivity index (χ0) is 38.2. The third-order valence-electron chi connectivity index (χ3n) is 8.54. The highest BCUT2D eigenvalue weighted by atomic mass is 31.2. The van der Waals surface area contributed by atoms with Crippen LogP contribution in [0.4, 0.5) is 0 Å². The van der Waals surface area contributed by atoms with Gasteiger partial charge in [0.1, 0.15) is 0 Å². The number of carbonyl (C=O) groups is 1. The van der Waals surface area contributed by atoms with E-state index in [2.05, 4.69) is 79.9 Å². The van der Waals surface area contributed by atoms with E-state index in [1.165, 1.54) is 77.0 Å². The molecular formula is C43H77N2O6P. The van der Waals surface area contributed by atoms with E-state index in [4.69, 9.17) is 14.8 Å². The molecule has 0 aromatic heterocycles. The Labute approximate surface area is 318 Å². The molecular weight excluding hydrogens is 671 g/mol. The van der Waals surface area contributed by atoms with Gasteiger partial charge in [0.05, 0.1) is 25.4 Å². The van der Waals surface area contributed by atoms with Crippen molar-refractivity contribution in [3.63, 3.8) is 0 Å². The summed E-state index contributed by atoms with van der Waals surface area (Å²) in [5.74, 6) is -0.254. The van der Waals surface area contributed by atoms with Gasteiger partial charge in [-0.15, -0.1) is 0 Å². The Morgan fingerprint density at radius 3 is 1.62 bits per heavy atom. The van der Waals surface area contributed by atoms with Crippen LogP contribution in [0.2, 0.25) is 0 Å². The highest BCUT2D eigenvalue weighted by Gasteiger charge is 2.26. The molecule has 0 saturated carbocycles. The highest BCUT2D eigenvalue weighted by Crippen LogP contribution is 2.43. The Morgan fingerprint density at radius 1 is 0.654 bits per heavy atom. The predicted octanol–water partition coefficient (Wildman–Crippen LogP) is 11.3. The molecule has 0 spiro atoms. The van der Waals surface area contributed by atoms with Gasteiger partial charge >= 0.3 is 7.82 Å². The Kier molecular flexibility index (Phi) is 37.1. The Hall–Kier alpha value is -2.06. The summed E-state index contributed by atoms with van der Waals surface area (Å²) in [4.78, 5) is 22.6. The molecule has 3 unspecified atom stereocenters. The summed E-state index contributed by atoms with van der Waals surface area (Å²) in [5, 5.41) is 13.6. The quantitative estimate of drug-likeness (QED) is 0.0282. The second-order valence-electron chi connectivity index (χ2n) is 13.5. The van der Waals surface area contributed by atoms with Crippen LogP contribution in [0.15, 0.2) is 72.9 Å². The molecule has 5 N–H and O–H groups in total. The number of aliphatic hydroxyl groups is 1. The van der Waals surface area contributed by atoms with Gasteiger partial charge in [-0.2, -0.15) is 0 Å². The molecule has 0 bridgehead atoms. The molecule has 9 heteroatoms. The second-order valence-corrected chi connectivity index (χ2v) is 14.9. The van der Waals surface area contributed by atoms with Crippen molar-refractivity contribution < 1.29 is 28.4 Å². The third kappa shape index (κ3) is 36.3. The van der Waals surface area contributed by atoms with Crippen molar-refractivity contribution in [2.45, 2.75) is 174 Å². The van der Waals surface area contributed by atoms with Crippen molar-refractivity contribution in [2.24, 2.45) is 5.73 Å². The van der Waals surface area contributed by atoms with Crippen LogP contribution in [0, 0.1) is 0 Å². The summed E-state index contributed by atoms with van der Waals surface area (Å²) in [6.45, 7) is 3.96. The first-order chi connectivity index (χ1) is 25.4. The van der Waals surface area contributed by atoms with E-state index < -0.39 is 20.0 Å². The summed E-state index contributed by atoms with van der Waals surface area (Å²) in [5.41, 5.74) is 5.36. The van der Waals surface area contributed by atoms with Crippen molar-refractivity contribution in [3.05, 3.63) is 72.9 Å². The molecule has 0 rings (SSSR count). The molecule has 0 heterocycles. The number of phosphoric ester groups is 1. The number of aliphatic hydroxyl groups excluding tert-OH is 1. The average Bonchev–Trinajstić information content (AvgIpc) is 3.13. The minimum atomic E-state index is -4.36. The topological polar surface area (TPSA) is 131 Å². The summed E-state index contributed by atoms with van der Waals surface area (Å²) >= 11 is 0. The number of unbranched alkanes of at least 4 members (excludes halogenated alkanes) is 15. The highest BCUT2D eigenvalue weighted by molar-refractivity contribution is 7.47. The van der Waals surface area contributed by atoms with Crippen LogP contribution < -0.4 is 11.1 Å².